The molecule has 6 nitrogen and oxygen atoms in total. The van der Waals surface area contributed by atoms with Gasteiger partial charge in [-0.3, -0.25) is 9.52 Å². The summed E-state index contributed by atoms with van der Waals surface area (Å²) in [5, 5.41) is 3.48. The van der Waals surface area contributed by atoms with Gasteiger partial charge in [0.2, 0.25) is 15.9 Å². The Morgan fingerprint density at radius 2 is 2.04 bits per heavy atom. The Labute approximate surface area is 145 Å². The van der Waals surface area contributed by atoms with Crippen molar-refractivity contribution in [1.29, 1.82) is 0 Å². The van der Waals surface area contributed by atoms with E-state index in [9.17, 15) is 13.2 Å². The Hall–Kier alpha value is -1.67. The maximum absolute atomic E-state index is 12.3. The van der Waals surface area contributed by atoms with E-state index in [0.29, 0.717) is 16.3 Å². The molecule has 1 saturated carbocycles. The number of hydrogen-bond donors (Lipinski definition) is 2. The van der Waals surface area contributed by atoms with Gasteiger partial charge in [0, 0.05) is 5.92 Å². The first kappa shape index (κ1) is 17.2. The van der Waals surface area contributed by atoms with Gasteiger partial charge in [-0.1, -0.05) is 30.6 Å². The van der Waals surface area contributed by atoms with E-state index in [1.54, 1.807) is 19.1 Å². The van der Waals surface area contributed by atoms with Crippen molar-refractivity contribution in [2.24, 2.45) is 5.92 Å². The minimum atomic E-state index is -3.31. The number of amides is 1. The minimum absolute atomic E-state index is 0.0186. The number of aromatic nitrogens is 1. The molecule has 3 rings (SSSR count). The van der Waals surface area contributed by atoms with Crippen LogP contribution >= 0.6 is 11.3 Å². The molecule has 0 radical (unpaired) electrons. The van der Waals surface area contributed by atoms with Crippen molar-refractivity contribution in [1.82, 2.24) is 4.98 Å². The Bertz CT molecular complexity index is 839. The second kappa shape index (κ2) is 7.06. The molecule has 1 fully saturated rings. The summed E-state index contributed by atoms with van der Waals surface area (Å²) in [5.74, 6) is 0.142. The van der Waals surface area contributed by atoms with Crippen LogP contribution in [-0.2, 0) is 14.8 Å². The molecule has 1 aliphatic rings. The molecule has 24 heavy (non-hydrogen) atoms. The highest BCUT2D eigenvalue weighted by Gasteiger charge is 2.22. The summed E-state index contributed by atoms with van der Waals surface area (Å²) < 4.78 is 26.7. The lowest BCUT2D eigenvalue weighted by Crippen LogP contribution is -2.24. The standard InChI is InChI=1S/C16H21N3O3S2/c1-2-24(21,22)19-12-8-9-14-13(10-12)17-16(23-14)18-15(20)11-6-4-3-5-7-11/h8-11,19H,2-7H2,1H3,(H,17,18,20). The van der Waals surface area contributed by atoms with Crippen LogP contribution in [0, 0.1) is 5.92 Å². The summed E-state index contributed by atoms with van der Waals surface area (Å²) in [7, 11) is -3.31. The average molecular weight is 367 g/mol. The quantitative estimate of drug-likeness (QED) is 0.845. The van der Waals surface area contributed by atoms with Gasteiger partial charge in [0.15, 0.2) is 5.13 Å². The number of fused-ring (bicyclic) bond motifs is 1. The molecule has 1 aromatic heterocycles. The first-order valence-electron chi connectivity index (χ1n) is 8.19. The molecule has 0 bridgehead atoms. The normalized spacial score (nSPS) is 16.2. The number of thiazole rings is 1. The predicted molar refractivity (Wildman–Crippen MR) is 97.9 cm³/mol. The lowest BCUT2D eigenvalue weighted by atomic mass is 9.89. The number of hydrogen-bond acceptors (Lipinski definition) is 5. The van der Waals surface area contributed by atoms with Crippen molar-refractivity contribution in [3.8, 4) is 0 Å². The highest BCUT2D eigenvalue weighted by atomic mass is 32.2. The van der Waals surface area contributed by atoms with Gasteiger partial charge in [0.1, 0.15) is 0 Å². The van der Waals surface area contributed by atoms with Crippen LogP contribution < -0.4 is 10.0 Å². The second-order valence-electron chi connectivity index (χ2n) is 6.03. The van der Waals surface area contributed by atoms with Crippen LogP contribution in [0.4, 0.5) is 10.8 Å². The summed E-state index contributed by atoms with van der Waals surface area (Å²) in [4.78, 5) is 16.7. The Morgan fingerprint density at radius 3 is 2.75 bits per heavy atom. The Morgan fingerprint density at radius 1 is 1.29 bits per heavy atom. The minimum Gasteiger partial charge on any atom is -0.302 e. The SMILES string of the molecule is CCS(=O)(=O)Nc1ccc2sc(NC(=O)C3CCCCC3)nc2c1. The average Bonchev–Trinajstić information content (AvgIpc) is 2.96. The summed E-state index contributed by atoms with van der Waals surface area (Å²) in [6.45, 7) is 1.59. The third-order valence-corrected chi connectivity index (χ3v) is 6.51. The third-order valence-electron chi connectivity index (χ3n) is 4.25. The molecule has 8 heteroatoms. The fraction of sp³-hybridized carbons (Fsp3) is 0.500. The number of rotatable bonds is 5. The monoisotopic (exact) mass is 367 g/mol. The van der Waals surface area contributed by atoms with Crippen LogP contribution in [-0.4, -0.2) is 25.1 Å². The van der Waals surface area contributed by atoms with Crippen molar-refractivity contribution in [3.05, 3.63) is 18.2 Å². The number of carbonyl (C=O) groups is 1. The number of carbonyl (C=O) groups excluding carboxylic acids is 1. The molecule has 1 amide bonds. The van der Waals surface area contributed by atoms with E-state index in [4.69, 9.17) is 0 Å². The number of anilines is 2. The van der Waals surface area contributed by atoms with Crippen LogP contribution in [0.3, 0.4) is 0 Å². The summed E-state index contributed by atoms with van der Waals surface area (Å²) >= 11 is 1.40. The van der Waals surface area contributed by atoms with E-state index < -0.39 is 10.0 Å². The maximum Gasteiger partial charge on any atom is 0.232 e. The first-order chi connectivity index (χ1) is 11.5. The topological polar surface area (TPSA) is 88.2 Å². The second-order valence-corrected chi connectivity index (χ2v) is 9.07. The van der Waals surface area contributed by atoms with Gasteiger partial charge >= 0.3 is 0 Å². The van der Waals surface area contributed by atoms with Gasteiger partial charge in [-0.2, -0.15) is 0 Å². The van der Waals surface area contributed by atoms with Crippen LogP contribution in [0.1, 0.15) is 39.0 Å². The Balaban J connectivity index is 1.75. The molecule has 1 heterocycles. The molecular formula is C16H21N3O3S2. The van der Waals surface area contributed by atoms with E-state index in [1.807, 2.05) is 6.07 Å². The largest absolute Gasteiger partial charge is 0.302 e. The molecular weight excluding hydrogens is 346 g/mol. The van der Waals surface area contributed by atoms with E-state index in [0.717, 1.165) is 30.4 Å². The molecule has 0 aliphatic heterocycles. The van der Waals surface area contributed by atoms with Gasteiger partial charge in [-0.25, -0.2) is 13.4 Å². The molecule has 130 valence electrons. The van der Waals surface area contributed by atoms with Gasteiger partial charge in [-0.15, -0.1) is 0 Å². The van der Waals surface area contributed by atoms with Crippen molar-refractivity contribution < 1.29 is 13.2 Å². The van der Waals surface area contributed by atoms with Crippen molar-refractivity contribution in [3.63, 3.8) is 0 Å². The fourth-order valence-corrected chi connectivity index (χ4v) is 4.35. The molecule has 1 aromatic carbocycles. The highest BCUT2D eigenvalue weighted by molar-refractivity contribution is 7.92. The van der Waals surface area contributed by atoms with Crippen LogP contribution in [0.15, 0.2) is 18.2 Å². The van der Waals surface area contributed by atoms with Crippen LogP contribution in [0.5, 0.6) is 0 Å². The summed E-state index contributed by atoms with van der Waals surface area (Å²) in [6, 6.07) is 5.21. The molecule has 1 aliphatic carbocycles. The van der Waals surface area contributed by atoms with Crippen molar-refractivity contribution in [2.45, 2.75) is 39.0 Å². The Kier molecular flexibility index (Phi) is 5.05. The highest BCUT2D eigenvalue weighted by Crippen LogP contribution is 2.30. The number of nitrogens with zero attached hydrogens (tertiary/aromatic N) is 1. The van der Waals surface area contributed by atoms with Gasteiger partial charge in [0.05, 0.1) is 21.7 Å². The molecule has 0 atom stereocenters. The lowest BCUT2D eigenvalue weighted by Gasteiger charge is -2.19. The smallest absolute Gasteiger partial charge is 0.232 e. The number of sulfonamides is 1. The van der Waals surface area contributed by atoms with Crippen LogP contribution in [0.25, 0.3) is 10.2 Å². The maximum atomic E-state index is 12.3. The fourth-order valence-electron chi connectivity index (χ4n) is 2.87. The van der Waals surface area contributed by atoms with Crippen LogP contribution in [0.2, 0.25) is 0 Å². The van der Waals surface area contributed by atoms with E-state index in [2.05, 4.69) is 15.0 Å². The first-order valence-corrected chi connectivity index (χ1v) is 10.7. The van der Waals surface area contributed by atoms with Gasteiger partial charge < -0.3 is 5.32 Å². The predicted octanol–water partition coefficient (Wildman–Crippen LogP) is 3.58. The van der Waals surface area contributed by atoms with Gasteiger partial charge in [-0.05, 0) is 38.0 Å². The molecule has 0 spiro atoms. The molecule has 2 N–H and O–H groups in total. The summed E-state index contributed by atoms with van der Waals surface area (Å²) in [6.07, 6.45) is 5.32. The zero-order valence-electron chi connectivity index (χ0n) is 13.5. The third kappa shape index (κ3) is 4.05. The van der Waals surface area contributed by atoms with E-state index >= 15 is 0 Å². The molecule has 0 saturated heterocycles. The lowest BCUT2D eigenvalue weighted by molar-refractivity contribution is -0.120. The zero-order chi connectivity index (χ0) is 17.2. The zero-order valence-corrected chi connectivity index (χ0v) is 15.2. The van der Waals surface area contributed by atoms with E-state index in [-0.39, 0.29) is 17.6 Å². The van der Waals surface area contributed by atoms with E-state index in [1.165, 1.54) is 17.8 Å². The number of nitrogens with one attached hydrogen (secondary N) is 2. The number of benzene rings is 1. The van der Waals surface area contributed by atoms with Crippen molar-refractivity contribution in [2.75, 3.05) is 15.8 Å². The summed E-state index contributed by atoms with van der Waals surface area (Å²) in [5.41, 5.74) is 1.16. The van der Waals surface area contributed by atoms with Crippen molar-refractivity contribution >= 4 is 48.3 Å². The molecule has 0 unspecified atom stereocenters. The molecule has 2 aromatic rings. The van der Waals surface area contributed by atoms with Gasteiger partial charge in [0.25, 0.3) is 0 Å².